The molecule has 0 fully saturated rings. The first kappa shape index (κ1) is 17.4. The number of aromatic hydroxyl groups is 1. The molecule has 2 aromatic carbocycles. The molecule has 0 bridgehead atoms. The SMILES string of the molecule is O=C(O)c1cc(S(=O)(=O)Nc2ccc3oc4c(c3c2)CCCC4)ccc1O. The van der Waals surface area contributed by atoms with Gasteiger partial charge in [-0.2, -0.15) is 0 Å². The molecule has 0 saturated carbocycles. The summed E-state index contributed by atoms with van der Waals surface area (Å²) >= 11 is 0. The lowest BCUT2D eigenvalue weighted by molar-refractivity contribution is 0.0693. The highest BCUT2D eigenvalue weighted by Crippen LogP contribution is 2.34. The van der Waals surface area contributed by atoms with Gasteiger partial charge in [0.25, 0.3) is 10.0 Å². The van der Waals surface area contributed by atoms with Crippen molar-refractivity contribution in [2.24, 2.45) is 0 Å². The van der Waals surface area contributed by atoms with Crippen molar-refractivity contribution in [2.75, 3.05) is 4.72 Å². The van der Waals surface area contributed by atoms with E-state index in [1.165, 1.54) is 0 Å². The Morgan fingerprint density at radius 1 is 1.07 bits per heavy atom. The number of aryl methyl sites for hydroxylation is 2. The highest BCUT2D eigenvalue weighted by atomic mass is 32.2. The van der Waals surface area contributed by atoms with Gasteiger partial charge in [-0.25, -0.2) is 13.2 Å². The monoisotopic (exact) mass is 387 g/mol. The van der Waals surface area contributed by atoms with Gasteiger partial charge in [0, 0.05) is 23.1 Å². The van der Waals surface area contributed by atoms with Crippen LogP contribution in [0.4, 0.5) is 5.69 Å². The van der Waals surface area contributed by atoms with Crippen LogP contribution in [0, 0.1) is 0 Å². The van der Waals surface area contributed by atoms with E-state index in [4.69, 9.17) is 9.52 Å². The number of aromatic carboxylic acids is 1. The van der Waals surface area contributed by atoms with Gasteiger partial charge in [0.1, 0.15) is 22.7 Å². The van der Waals surface area contributed by atoms with Crippen molar-refractivity contribution in [1.82, 2.24) is 0 Å². The zero-order valence-corrected chi connectivity index (χ0v) is 15.0. The van der Waals surface area contributed by atoms with E-state index >= 15 is 0 Å². The van der Waals surface area contributed by atoms with Gasteiger partial charge in [0.15, 0.2) is 0 Å². The average Bonchev–Trinajstić information content (AvgIpc) is 2.99. The van der Waals surface area contributed by atoms with Gasteiger partial charge >= 0.3 is 5.97 Å². The third kappa shape index (κ3) is 3.12. The summed E-state index contributed by atoms with van der Waals surface area (Å²) in [5, 5.41) is 19.5. The lowest BCUT2D eigenvalue weighted by atomic mass is 9.96. The highest BCUT2D eigenvalue weighted by Gasteiger charge is 2.21. The summed E-state index contributed by atoms with van der Waals surface area (Å²) in [5.41, 5.74) is 1.73. The molecule has 27 heavy (non-hydrogen) atoms. The van der Waals surface area contributed by atoms with Gasteiger partial charge in [-0.15, -0.1) is 0 Å². The molecule has 4 rings (SSSR count). The van der Waals surface area contributed by atoms with Crippen molar-refractivity contribution in [3.63, 3.8) is 0 Å². The average molecular weight is 387 g/mol. The van der Waals surface area contributed by atoms with Gasteiger partial charge in [-0.3, -0.25) is 4.72 Å². The first-order valence-corrected chi connectivity index (χ1v) is 9.97. The van der Waals surface area contributed by atoms with Gasteiger partial charge in [-0.05, 0) is 55.7 Å². The van der Waals surface area contributed by atoms with Crippen molar-refractivity contribution in [3.05, 3.63) is 53.3 Å². The second-order valence-electron chi connectivity index (χ2n) is 6.51. The predicted molar refractivity (Wildman–Crippen MR) is 98.7 cm³/mol. The molecule has 0 unspecified atom stereocenters. The van der Waals surface area contributed by atoms with Crippen LogP contribution >= 0.6 is 0 Å². The number of carboxylic acid groups (broad SMARTS) is 1. The maximum Gasteiger partial charge on any atom is 0.339 e. The molecule has 8 heteroatoms. The van der Waals surface area contributed by atoms with Gasteiger partial charge in [0.2, 0.25) is 0 Å². The van der Waals surface area contributed by atoms with Crippen molar-refractivity contribution in [3.8, 4) is 5.75 Å². The lowest BCUT2D eigenvalue weighted by Gasteiger charge is -2.10. The van der Waals surface area contributed by atoms with Crippen LogP contribution in [0.1, 0.15) is 34.5 Å². The van der Waals surface area contributed by atoms with E-state index in [0.717, 1.165) is 66.2 Å². The van der Waals surface area contributed by atoms with E-state index in [1.54, 1.807) is 18.2 Å². The molecular weight excluding hydrogens is 370 g/mol. The maximum atomic E-state index is 12.6. The number of hydrogen-bond acceptors (Lipinski definition) is 5. The van der Waals surface area contributed by atoms with Crippen molar-refractivity contribution in [2.45, 2.75) is 30.6 Å². The molecular formula is C19H17NO6S. The minimum absolute atomic E-state index is 0.244. The topological polar surface area (TPSA) is 117 Å². The normalized spacial score (nSPS) is 14.1. The largest absolute Gasteiger partial charge is 0.507 e. The Labute approximate surface area is 155 Å². The van der Waals surface area contributed by atoms with Crippen LogP contribution in [0.3, 0.4) is 0 Å². The van der Waals surface area contributed by atoms with Crippen LogP contribution in [0.5, 0.6) is 5.75 Å². The Morgan fingerprint density at radius 2 is 1.85 bits per heavy atom. The second kappa shape index (κ2) is 6.31. The number of nitrogens with one attached hydrogen (secondary N) is 1. The maximum absolute atomic E-state index is 12.6. The quantitative estimate of drug-likeness (QED) is 0.631. The molecule has 1 aliphatic rings. The summed E-state index contributed by atoms with van der Waals surface area (Å²) in [5.74, 6) is -0.940. The molecule has 3 N–H and O–H groups in total. The first-order chi connectivity index (χ1) is 12.8. The molecule has 0 spiro atoms. The Kier molecular flexibility index (Phi) is 4.07. The fraction of sp³-hybridized carbons (Fsp3) is 0.211. The summed E-state index contributed by atoms with van der Waals surface area (Å²) in [7, 11) is -4.01. The molecule has 0 aliphatic heterocycles. The summed E-state index contributed by atoms with van der Waals surface area (Å²) in [4.78, 5) is 10.9. The van der Waals surface area contributed by atoms with Crippen LogP contribution < -0.4 is 4.72 Å². The predicted octanol–water partition coefficient (Wildman–Crippen LogP) is 3.52. The number of sulfonamides is 1. The van der Waals surface area contributed by atoms with E-state index in [0.29, 0.717) is 5.69 Å². The zero-order valence-electron chi connectivity index (χ0n) is 14.2. The lowest BCUT2D eigenvalue weighted by Crippen LogP contribution is -2.13. The number of carboxylic acids is 1. The third-order valence-electron chi connectivity index (χ3n) is 4.72. The molecule has 0 amide bonds. The Bertz CT molecular complexity index is 1160. The minimum atomic E-state index is -4.01. The Hall–Kier alpha value is -3.00. The molecule has 0 radical (unpaired) electrons. The van der Waals surface area contributed by atoms with Crippen LogP contribution in [0.25, 0.3) is 11.0 Å². The smallest absolute Gasteiger partial charge is 0.339 e. The standard InChI is InChI=1S/C19H17NO6S/c21-16-7-6-12(10-15(16)19(22)23)27(24,25)20-11-5-8-18-14(9-11)13-3-1-2-4-17(13)26-18/h5-10,20-21H,1-4H2,(H,22,23). The first-order valence-electron chi connectivity index (χ1n) is 8.48. The van der Waals surface area contributed by atoms with E-state index in [-0.39, 0.29) is 4.90 Å². The molecule has 0 saturated heterocycles. The third-order valence-corrected chi connectivity index (χ3v) is 6.09. The molecule has 3 aromatic rings. The Balaban J connectivity index is 1.70. The molecule has 1 aliphatic carbocycles. The number of rotatable bonds is 4. The molecule has 140 valence electrons. The van der Waals surface area contributed by atoms with Gasteiger partial charge < -0.3 is 14.6 Å². The summed E-state index contributed by atoms with van der Waals surface area (Å²) in [6.07, 6.45) is 3.94. The number of anilines is 1. The molecule has 7 nitrogen and oxygen atoms in total. The molecule has 1 aromatic heterocycles. The minimum Gasteiger partial charge on any atom is -0.507 e. The van der Waals surface area contributed by atoms with E-state index in [2.05, 4.69) is 4.72 Å². The number of fused-ring (bicyclic) bond motifs is 3. The Morgan fingerprint density at radius 3 is 2.63 bits per heavy atom. The van der Waals surface area contributed by atoms with Gasteiger partial charge in [0.05, 0.1) is 4.90 Å². The van der Waals surface area contributed by atoms with Crippen LogP contribution in [-0.4, -0.2) is 24.6 Å². The van der Waals surface area contributed by atoms with Crippen molar-refractivity contribution in [1.29, 1.82) is 0 Å². The fourth-order valence-electron chi connectivity index (χ4n) is 3.39. The van der Waals surface area contributed by atoms with E-state index in [9.17, 15) is 18.3 Å². The number of benzene rings is 2. The summed E-state index contributed by atoms with van der Waals surface area (Å²) < 4.78 is 33.6. The zero-order chi connectivity index (χ0) is 19.2. The second-order valence-corrected chi connectivity index (χ2v) is 8.19. The molecule has 1 heterocycles. The fourth-order valence-corrected chi connectivity index (χ4v) is 4.47. The van der Waals surface area contributed by atoms with Crippen molar-refractivity contribution < 1.29 is 27.8 Å². The van der Waals surface area contributed by atoms with Crippen molar-refractivity contribution >= 4 is 32.6 Å². The van der Waals surface area contributed by atoms with Crippen LogP contribution in [0.15, 0.2) is 45.7 Å². The molecule has 0 atom stereocenters. The number of carbonyl (C=O) groups is 1. The summed E-state index contributed by atoms with van der Waals surface area (Å²) in [6, 6.07) is 8.20. The highest BCUT2D eigenvalue weighted by molar-refractivity contribution is 7.92. The van der Waals surface area contributed by atoms with E-state index in [1.807, 2.05) is 0 Å². The van der Waals surface area contributed by atoms with Crippen LogP contribution in [-0.2, 0) is 22.9 Å². The van der Waals surface area contributed by atoms with Gasteiger partial charge in [-0.1, -0.05) is 0 Å². The number of hydrogen-bond donors (Lipinski definition) is 3. The van der Waals surface area contributed by atoms with E-state index < -0.39 is 27.3 Å². The number of furan rings is 1. The summed E-state index contributed by atoms with van der Waals surface area (Å²) in [6.45, 7) is 0. The van der Waals surface area contributed by atoms with Crippen LogP contribution in [0.2, 0.25) is 0 Å². The number of phenols is 1.